The maximum absolute atomic E-state index is 12.8. The number of nitrogens with one attached hydrogen (secondary N) is 1. The van der Waals surface area contributed by atoms with E-state index in [0.29, 0.717) is 37.3 Å². The number of nitrogens with zero attached hydrogens (tertiary/aromatic N) is 2. The molecular weight excluding hydrogens is 402 g/mol. The fourth-order valence-electron chi connectivity index (χ4n) is 3.94. The van der Waals surface area contributed by atoms with Crippen LogP contribution in [0.2, 0.25) is 0 Å². The average molecular weight is 432 g/mol. The van der Waals surface area contributed by atoms with Crippen LogP contribution in [0.3, 0.4) is 0 Å². The molecule has 1 saturated heterocycles. The van der Waals surface area contributed by atoms with Gasteiger partial charge in [0.1, 0.15) is 5.75 Å². The third-order valence-corrected chi connectivity index (χ3v) is 7.06. The molecule has 3 rings (SSSR count). The fourth-order valence-corrected chi connectivity index (χ4v) is 5.36. The summed E-state index contributed by atoms with van der Waals surface area (Å²) in [6.45, 7) is 7.73. The second kappa shape index (κ2) is 9.06. The summed E-state index contributed by atoms with van der Waals surface area (Å²) in [4.78, 5) is 16.8. The van der Waals surface area contributed by atoms with Crippen LogP contribution in [0.4, 0.5) is 5.69 Å². The van der Waals surface area contributed by atoms with Crippen LogP contribution in [0.25, 0.3) is 0 Å². The lowest BCUT2D eigenvalue weighted by Crippen LogP contribution is -2.51. The van der Waals surface area contributed by atoms with Crippen molar-refractivity contribution in [3.63, 3.8) is 0 Å². The van der Waals surface area contributed by atoms with Gasteiger partial charge in [-0.1, -0.05) is 17.7 Å². The number of rotatable bonds is 6. The van der Waals surface area contributed by atoms with Gasteiger partial charge in [0.2, 0.25) is 15.9 Å². The quantitative estimate of drug-likeness (QED) is 0.759. The summed E-state index contributed by atoms with van der Waals surface area (Å²) in [6, 6.07) is 11.5. The minimum absolute atomic E-state index is 0.213. The Bertz CT molecular complexity index is 988. The van der Waals surface area contributed by atoms with Gasteiger partial charge in [-0.3, -0.25) is 4.79 Å². The van der Waals surface area contributed by atoms with E-state index in [9.17, 15) is 13.2 Å². The molecule has 0 unspecified atom stereocenters. The van der Waals surface area contributed by atoms with E-state index in [1.165, 1.54) is 0 Å². The largest absolute Gasteiger partial charge is 0.497 e. The molecule has 30 heavy (non-hydrogen) atoms. The number of carbonyl (C=O) groups excluding carboxylic acids is 1. The summed E-state index contributed by atoms with van der Waals surface area (Å²) in [5, 5.41) is 0. The highest BCUT2D eigenvalue weighted by Crippen LogP contribution is 2.22. The van der Waals surface area contributed by atoms with Gasteiger partial charge in [-0.25, -0.2) is 13.1 Å². The number of carbonyl (C=O) groups is 1. The van der Waals surface area contributed by atoms with Gasteiger partial charge in [0, 0.05) is 31.9 Å². The summed E-state index contributed by atoms with van der Waals surface area (Å²) in [5.41, 5.74) is 3.45. The van der Waals surface area contributed by atoms with Gasteiger partial charge in [0.05, 0.1) is 18.6 Å². The van der Waals surface area contributed by atoms with Crippen molar-refractivity contribution in [3.8, 4) is 5.75 Å². The van der Waals surface area contributed by atoms with Gasteiger partial charge in [0.25, 0.3) is 0 Å². The molecule has 1 aliphatic rings. The second-order valence-corrected chi connectivity index (χ2v) is 9.32. The van der Waals surface area contributed by atoms with Crippen molar-refractivity contribution < 1.29 is 17.9 Å². The normalized spacial score (nSPS) is 14.7. The van der Waals surface area contributed by atoms with Gasteiger partial charge < -0.3 is 14.5 Å². The lowest BCUT2D eigenvalue weighted by Gasteiger charge is -2.36. The number of amides is 1. The van der Waals surface area contributed by atoms with Crippen LogP contribution >= 0.6 is 0 Å². The van der Waals surface area contributed by atoms with Crippen LogP contribution in [0.1, 0.15) is 16.7 Å². The van der Waals surface area contributed by atoms with Crippen LogP contribution in [0.5, 0.6) is 5.75 Å². The number of aryl methyl sites for hydroxylation is 3. The number of ether oxygens (including phenoxy) is 1. The Labute approximate surface area is 178 Å². The van der Waals surface area contributed by atoms with E-state index in [1.54, 1.807) is 25.9 Å². The molecule has 0 aromatic heterocycles. The first kappa shape index (κ1) is 22.1. The molecule has 1 fully saturated rings. The Balaban J connectivity index is 1.57. The first-order valence-corrected chi connectivity index (χ1v) is 11.4. The zero-order valence-corrected chi connectivity index (χ0v) is 18.8. The fraction of sp³-hybridized carbons (Fsp3) is 0.409. The molecule has 7 nitrogen and oxygen atoms in total. The Hall–Kier alpha value is -2.58. The van der Waals surface area contributed by atoms with E-state index in [2.05, 4.69) is 9.62 Å². The average Bonchev–Trinajstić information content (AvgIpc) is 2.71. The third-order valence-electron chi connectivity index (χ3n) is 5.36. The molecule has 0 radical (unpaired) electrons. The van der Waals surface area contributed by atoms with Crippen molar-refractivity contribution in [1.29, 1.82) is 0 Å². The number of benzene rings is 2. The van der Waals surface area contributed by atoms with E-state index in [-0.39, 0.29) is 17.3 Å². The summed E-state index contributed by atoms with van der Waals surface area (Å²) in [6.07, 6.45) is 0. The minimum atomic E-state index is -3.75. The first-order chi connectivity index (χ1) is 14.2. The zero-order chi connectivity index (χ0) is 21.9. The standard InChI is InChI=1S/C22H29N3O4S/c1-16-13-17(2)22(18(3)14-16)30(27,28)23-15-21(26)25-11-9-24(10-12-25)19-5-7-20(29-4)8-6-19/h5-8,13-14,23H,9-12,15H2,1-4H3. The number of hydrogen-bond acceptors (Lipinski definition) is 5. The highest BCUT2D eigenvalue weighted by atomic mass is 32.2. The number of sulfonamides is 1. The topological polar surface area (TPSA) is 79.0 Å². The van der Waals surface area contributed by atoms with Gasteiger partial charge >= 0.3 is 0 Å². The van der Waals surface area contributed by atoms with Gasteiger partial charge in [-0.05, 0) is 56.2 Å². The third kappa shape index (κ3) is 4.94. The Morgan fingerprint density at radius 3 is 2.10 bits per heavy atom. The summed E-state index contributed by atoms with van der Waals surface area (Å²) in [5.74, 6) is 0.592. The second-order valence-electron chi connectivity index (χ2n) is 7.62. The first-order valence-electron chi connectivity index (χ1n) is 9.95. The van der Waals surface area contributed by atoms with E-state index in [1.807, 2.05) is 43.3 Å². The summed E-state index contributed by atoms with van der Waals surface area (Å²) in [7, 11) is -2.12. The maximum atomic E-state index is 12.8. The summed E-state index contributed by atoms with van der Waals surface area (Å²) >= 11 is 0. The predicted octanol–water partition coefficient (Wildman–Crippen LogP) is 2.25. The molecule has 8 heteroatoms. The Morgan fingerprint density at radius 2 is 1.57 bits per heavy atom. The number of anilines is 1. The molecule has 162 valence electrons. The van der Waals surface area contributed by atoms with Crippen LogP contribution in [0, 0.1) is 20.8 Å². The van der Waals surface area contributed by atoms with Crippen molar-refractivity contribution in [2.75, 3.05) is 44.7 Å². The molecule has 2 aromatic carbocycles. The highest BCUT2D eigenvalue weighted by Gasteiger charge is 2.25. The molecule has 0 aliphatic carbocycles. The van der Waals surface area contributed by atoms with Crippen LogP contribution in [-0.2, 0) is 14.8 Å². The predicted molar refractivity (Wildman–Crippen MR) is 118 cm³/mol. The molecule has 1 heterocycles. The van der Waals surface area contributed by atoms with Crippen LogP contribution in [0.15, 0.2) is 41.3 Å². The van der Waals surface area contributed by atoms with E-state index in [4.69, 9.17) is 4.74 Å². The smallest absolute Gasteiger partial charge is 0.241 e. The molecule has 1 N–H and O–H groups in total. The lowest BCUT2D eigenvalue weighted by atomic mass is 10.1. The van der Waals surface area contributed by atoms with E-state index in [0.717, 1.165) is 17.0 Å². The molecule has 0 saturated carbocycles. The van der Waals surface area contributed by atoms with Gasteiger partial charge in [-0.15, -0.1) is 0 Å². The van der Waals surface area contributed by atoms with Crippen LogP contribution in [-0.4, -0.2) is 59.1 Å². The maximum Gasteiger partial charge on any atom is 0.241 e. The van der Waals surface area contributed by atoms with Crippen molar-refractivity contribution in [2.45, 2.75) is 25.7 Å². The molecule has 0 bridgehead atoms. The van der Waals surface area contributed by atoms with E-state index < -0.39 is 10.0 Å². The number of piperazine rings is 1. The Morgan fingerprint density at radius 1 is 1.00 bits per heavy atom. The molecular formula is C22H29N3O4S. The minimum Gasteiger partial charge on any atom is -0.497 e. The lowest BCUT2D eigenvalue weighted by molar-refractivity contribution is -0.130. The van der Waals surface area contributed by atoms with E-state index >= 15 is 0 Å². The zero-order valence-electron chi connectivity index (χ0n) is 17.9. The SMILES string of the molecule is COc1ccc(N2CCN(C(=O)CNS(=O)(=O)c3c(C)cc(C)cc3C)CC2)cc1. The molecule has 0 atom stereocenters. The van der Waals surface area contributed by atoms with Crippen molar-refractivity contribution in [1.82, 2.24) is 9.62 Å². The molecule has 1 aliphatic heterocycles. The van der Waals surface area contributed by atoms with Gasteiger partial charge in [-0.2, -0.15) is 0 Å². The van der Waals surface area contributed by atoms with Crippen molar-refractivity contribution in [2.24, 2.45) is 0 Å². The number of hydrogen-bond donors (Lipinski definition) is 1. The Kier molecular flexibility index (Phi) is 6.67. The van der Waals surface area contributed by atoms with Crippen LogP contribution < -0.4 is 14.4 Å². The monoisotopic (exact) mass is 431 g/mol. The molecule has 0 spiro atoms. The van der Waals surface area contributed by atoms with Crippen molar-refractivity contribution in [3.05, 3.63) is 53.1 Å². The van der Waals surface area contributed by atoms with Crippen molar-refractivity contribution >= 4 is 21.6 Å². The highest BCUT2D eigenvalue weighted by molar-refractivity contribution is 7.89. The van der Waals surface area contributed by atoms with Gasteiger partial charge in [0.15, 0.2) is 0 Å². The summed E-state index contributed by atoms with van der Waals surface area (Å²) < 4.78 is 33.2. The number of methoxy groups -OCH3 is 1. The molecule has 1 amide bonds. The molecule has 2 aromatic rings.